The van der Waals surface area contributed by atoms with Crippen LogP contribution in [0, 0.1) is 6.92 Å². The molecule has 4 aromatic rings. The average Bonchev–Trinajstić information content (AvgIpc) is 3.12. The molecule has 5 nitrogen and oxygen atoms in total. The molecule has 7 N–H and O–H groups in total. The Bertz CT molecular complexity index is 1690. The molecule has 0 radical (unpaired) electrons. The maximum absolute atomic E-state index is 6.40. The number of anilines is 4. The van der Waals surface area contributed by atoms with Crippen LogP contribution in [-0.2, 0) is 5.41 Å². The molecule has 0 saturated heterocycles. The summed E-state index contributed by atoms with van der Waals surface area (Å²) >= 11 is 0. The lowest BCUT2D eigenvalue weighted by Crippen LogP contribution is -2.17. The van der Waals surface area contributed by atoms with Gasteiger partial charge in [0.05, 0.1) is 11.4 Å². The van der Waals surface area contributed by atoms with Gasteiger partial charge in [-0.3, -0.25) is 0 Å². The maximum atomic E-state index is 6.40. The van der Waals surface area contributed by atoms with Gasteiger partial charge in [0.15, 0.2) is 0 Å². The Kier molecular flexibility index (Phi) is 5.60. The second kappa shape index (κ2) is 8.88. The lowest BCUT2D eigenvalue weighted by molar-refractivity contribution is 0.652. The van der Waals surface area contributed by atoms with Gasteiger partial charge >= 0.3 is 0 Å². The number of aryl methyl sites for hydroxylation is 1. The van der Waals surface area contributed by atoms with Crippen molar-refractivity contribution in [3.63, 3.8) is 0 Å². The highest BCUT2D eigenvalue weighted by Crippen LogP contribution is 2.53. The van der Waals surface area contributed by atoms with E-state index in [0.717, 1.165) is 51.4 Å². The number of fused-ring (bicyclic) bond motifs is 4. The van der Waals surface area contributed by atoms with Gasteiger partial charge in [-0.1, -0.05) is 49.8 Å². The van der Waals surface area contributed by atoms with Crippen molar-refractivity contribution in [1.82, 2.24) is 5.32 Å². The third kappa shape index (κ3) is 3.77. The van der Waals surface area contributed by atoms with Crippen LogP contribution in [0.2, 0.25) is 0 Å². The number of nitrogens with two attached hydrogens (primary N) is 2. The molecule has 0 fully saturated rings. The van der Waals surface area contributed by atoms with Crippen molar-refractivity contribution >= 4 is 49.9 Å². The quantitative estimate of drug-likeness (QED) is 0.112. The largest absolute Gasteiger partial charge is 0.399 e. The third-order valence-electron chi connectivity index (χ3n) is 8.01. The highest BCUT2D eigenvalue weighted by atomic mass is 15.0. The fourth-order valence-electron chi connectivity index (χ4n) is 6.12. The molecule has 0 spiro atoms. The molecular formula is C33H35N5. The van der Waals surface area contributed by atoms with E-state index in [4.69, 9.17) is 11.5 Å². The Labute approximate surface area is 224 Å². The highest BCUT2D eigenvalue weighted by Gasteiger charge is 2.37. The van der Waals surface area contributed by atoms with E-state index in [9.17, 15) is 0 Å². The molecule has 0 unspecified atom stereocenters. The van der Waals surface area contributed by atoms with Gasteiger partial charge < -0.3 is 27.4 Å². The summed E-state index contributed by atoms with van der Waals surface area (Å²) in [6, 6.07) is 19.4. The first-order valence-corrected chi connectivity index (χ1v) is 13.3. The van der Waals surface area contributed by atoms with Crippen LogP contribution in [0.4, 0.5) is 22.7 Å². The molecule has 2 aliphatic rings. The Morgan fingerprint density at radius 3 is 2.42 bits per heavy atom. The van der Waals surface area contributed by atoms with Crippen molar-refractivity contribution in [3.8, 4) is 0 Å². The number of allylic oxidation sites excluding steroid dienone is 4. The summed E-state index contributed by atoms with van der Waals surface area (Å²) in [5.41, 5.74) is 23.3. The SMILES string of the molecule is CN/C=C(\N)Nc1c2cc(N)ccc2c(Nc2ccc(C)cc2)c2cc3c(cc12)C1=C(C=CCC1)C3(C)C. The van der Waals surface area contributed by atoms with E-state index >= 15 is 0 Å². The van der Waals surface area contributed by atoms with Crippen LogP contribution in [0.25, 0.3) is 27.1 Å². The normalized spacial score (nSPS) is 16.1. The second-order valence-electron chi connectivity index (χ2n) is 11.0. The van der Waals surface area contributed by atoms with Gasteiger partial charge in [-0.25, -0.2) is 0 Å². The van der Waals surface area contributed by atoms with Crippen molar-refractivity contribution in [2.24, 2.45) is 5.73 Å². The van der Waals surface area contributed by atoms with E-state index in [-0.39, 0.29) is 5.41 Å². The average molecular weight is 502 g/mol. The standard InChI is InChI=1S/C33H35N5/c1-19-9-12-21(13-10-19)37-31-23-14-11-20(34)15-25(23)32(38-30(35)18-36-4)26-16-24-22-7-5-6-8-28(22)33(2,3)29(24)17-27(26)31/h6,8-18,36-38H,5,7,34-35H2,1-4H3/b30-18+. The molecule has 0 atom stereocenters. The molecule has 2 aliphatic carbocycles. The van der Waals surface area contributed by atoms with Crippen LogP contribution in [-0.4, -0.2) is 7.05 Å². The fourth-order valence-corrected chi connectivity index (χ4v) is 6.12. The van der Waals surface area contributed by atoms with Crippen molar-refractivity contribution in [1.29, 1.82) is 0 Å². The Morgan fingerprint density at radius 1 is 0.921 bits per heavy atom. The van der Waals surface area contributed by atoms with E-state index in [1.165, 1.54) is 27.8 Å². The number of hydrogen-bond acceptors (Lipinski definition) is 5. The first kappa shape index (κ1) is 24.0. The predicted octanol–water partition coefficient (Wildman–Crippen LogP) is 7.41. The van der Waals surface area contributed by atoms with E-state index in [1.807, 2.05) is 19.2 Å². The summed E-state index contributed by atoms with van der Waals surface area (Å²) in [7, 11) is 1.84. The molecule has 0 heterocycles. The fraction of sp³-hybridized carbons (Fsp3) is 0.212. The van der Waals surface area contributed by atoms with Crippen molar-refractivity contribution in [2.45, 2.75) is 39.0 Å². The van der Waals surface area contributed by atoms with Crippen LogP contribution < -0.4 is 27.4 Å². The third-order valence-corrected chi connectivity index (χ3v) is 8.01. The van der Waals surface area contributed by atoms with Gasteiger partial charge in [0.1, 0.15) is 5.82 Å². The summed E-state index contributed by atoms with van der Waals surface area (Å²) < 4.78 is 0. The minimum Gasteiger partial charge on any atom is -0.399 e. The van der Waals surface area contributed by atoms with Crippen LogP contribution in [0.3, 0.4) is 0 Å². The second-order valence-corrected chi connectivity index (χ2v) is 11.0. The number of nitrogens with one attached hydrogen (secondary N) is 3. The molecule has 0 aromatic heterocycles. The number of benzene rings is 4. The minimum absolute atomic E-state index is 0.0639. The monoisotopic (exact) mass is 501 g/mol. The van der Waals surface area contributed by atoms with E-state index < -0.39 is 0 Å². The van der Waals surface area contributed by atoms with E-state index in [0.29, 0.717) is 11.5 Å². The van der Waals surface area contributed by atoms with Crippen LogP contribution in [0.5, 0.6) is 0 Å². The number of rotatable bonds is 5. The maximum Gasteiger partial charge on any atom is 0.117 e. The van der Waals surface area contributed by atoms with Crippen LogP contribution in [0.15, 0.2) is 84.3 Å². The van der Waals surface area contributed by atoms with Crippen molar-refractivity contribution < 1.29 is 0 Å². The topological polar surface area (TPSA) is 88.1 Å². The zero-order valence-electron chi connectivity index (χ0n) is 22.5. The Balaban J connectivity index is 1.71. The summed E-state index contributed by atoms with van der Waals surface area (Å²) in [6.07, 6.45) is 8.55. The van der Waals surface area contributed by atoms with Gasteiger partial charge in [0, 0.05) is 51.6 Å². The molecular weight excluding hydrogens is 466 g/mol. The van der Waals surface area contributed by atoms with Crippen molar-refractivity contribution in [3.05, 3.63) is 101 Å². The van der Waals surface area contributed by atoms with E-state index in [1.54, 1.807) is 6.20 Å². The summed E-state index contributed by atoms with van der Waals surface area (Å²) in [6.45, 7) is 6.80. The molecule has 4 aromatic carbocycles. The summed E-state index contributed by atoms with van der Waals surface area (Å²) in [4.78, 5) is 0. The summed E-state index contributed by atoms with van der Waals surface area (Å²) in [5.74, 6) is 0.540. The molecule has 0 bridgehead atoms. The van der Waals surface area contributed by atoms with E-state index in [2.05, 4.69) is 91.3 Å². The van der Waals surface area contributed by atoms with Gasteiger partial charge in [-0.15, -0.1) is 0 Å². The summed E-state index contributed by atoms with van der Waals surface area (Å²) in [5, 5.41) is 14.7. The molecule has 192 valence electrons. The first-order valence-electron chi connectivity index (χ1n) is 13.3. The molecule has 0 aliphatic heterocycles. The van der Waals surface area contributed by atoms with Gasteiger partial charge in [-0.2, -0.15) is 0 Å². The van der Waals surface area contributed by atoms with Gasteiger partial charge in [-0.05, 0) is 78.4 Å². The Hall–Kier alpha value is -4.38. The minimum atomic E-state index is -0.0639. The lowest BCUT2D eigenvalue weighted by Gasteiger charge is -2.25. The van der Waals surface area contributed by atoms with Crippen molar-refractivity contribution in [2.75, 3.05) is 23.4 Å². The predicted molar refractivity (Wildman–Crippen MR) is 164 cm³/mol. The molecule has 0 amide bonds. The first-order chi connectivity index (χ1) is 18.3. The number of nitrogen functional groups attached to an aromatic ring is 1. The van der Waals surface area contributed by atoms with Crippen LogP contribution in [0.1, 0.15) is 43.4 Å². The highest BCUT2D eigenvalue weighted by molar-refractivity contribution is 6.22. The number of hydrogen-bond donors (Lipinski definition) is 5. The van der Waals surface area contributed by atoms with Crippen LogP contribution >= 0.6 is 0 Å². The lowest BCUT2D eigenvalue weighted by atomic mass is 9.79. The zero-order valence-corrected chi connectivity index (χ0v) is 22.5. The smallest absolute Gasteiger partial charge is 0.117 e. The zero-order chi connectivity index (χ0) is 26.6. The molecule has 5 heteroatoms. The molecule has 0 saturated carbocycles. The van der Waals surface area contributed by atoms with Gasteiger partial charge in [0.2, 0.25) is 0 Å². The van der Waals surface area contributed by atoms with Gasteiger partial charge in [0.25, 0.3) is 0 Å². The molecule has 38 heavy (non-hydrogen) atoms. The molecule has 6 rings (SSSR count). The Morgan fingerprint density at radius 2 is 1.66 bits per heavy atom.